The summed E-state index contributed by atoms with van der Waals surface area (Å²) in [7, 11) is 3.06. The summed E-state index contributed by atoms with van der Waals surface area (Å²) in [6.45, 7) is 1.65. The average molecular weight is 733 g/mol. The monoisotopic (exact) mass is 730 g/mol. The fraction of sp³-hybridized carbons (Fsp3) is 0.179. The van der Waals surface area contributed by atoms with E-state index in [1.165, 1.54) is 30.3 Å². The molecule has 0 bridgehead atoms. The molecule has 228 valence electrons. The van der Waals surface area contributed by atoms with Gasteiger partial charge in [-0.1, -0.05) is 29.3 Å². The highest BCUT2D eigenvalue weighted by Crippen LogP contribution is 2.35. The number of benzene rings is 1. The minimum absolute atomic E-state index is 0. The van der Waals surface area contributed by atoms with Gasteiger partial charge >= 0.3 is 0 Å². The first-order valence-corrected chi connectivity index (χ1v) is 13.8. The third kappa shape index (κ3) is 8.39. The van der Waals surface area contributed by atoms with Crippen LogP contribution >= 0.6 is 63.9 Å². The average Bonchev–Trinajstić information content (AvgIpc) is 3.27. The Bertz CT molecular complexity index is 1660. The van der Waals surface area contributed by atoms with E-state index in [-0.39, 0.29) is 54.6 Å². The smallest absolute Gasteiger partial charge is 0.269 e. The Morgan fingerprint density at radius 2 is 1.88 bits per heavy atom. The number of hydrogen-bond donors (Lipinski definition) is 2. The molecule has 3 amide bonds. The molecule has 3 aromatic heterocycles. The number of fused-ring (bicyclic) bond motifs is 1. The number of nitrogens with one attached hydrogen (secondary N) is 2. The number of nitrogens with zero attached hydrogens (tertiary/aromatic N) is 4. The number of imidazole rings is 1. The van der Waals surface area contributed by atoms with Gasteiger partial charge in [0.25, 0.3) is 5.91 Å². The number of ether oxygens (including phenoxy) is 1. The van der Waals surface area contributed by atoms with E-state index >= 15 is 0 Å². The highest BCUT2D eigenvalue weighted by Gasteiger charge is 2.20. The van der Waals surface area contributed by atoms with Crippen molar-refractivity contribution >= 4 is 99.1 Å². The quantitative estimate of drug-likeness (QED) is 0.214. The summed E-state index contributed by atoms with van der Waals surface area (Å²) in [6.07, 6.45) is 6.13. The molecular weight excluding hydrogens is 706 g/mol. The maximum atomic E-state index is 12.9. The van der Waals surface area contributed by atoms with Crippen LogP contribution < -0.4 is 20.3 Å². The first-order valence-electron chi connectivity index (χ1n) is 12.2. The molecule has 4 rings (SSSR count). The van der Waals surface area contributed by atoms with Crippen molar-refractivity contribution in [1.82, 2.24) is 25.0 Å². The van der Waals surface area contributed by atoms with Gasteiger partial charge in [-0.15, -0.1) is 24.8 Å². The number of aryl methyl sites for hydroxylation is 1. The molecule has 10 nitrogen and oxygen atoms in total. The Labute approximate surface area is 278 Å². The van der Waals surface area contributed by atoms with Gasteiger partial charge in [-0.25, -0.2) is 4.98 Å². The molecule has 0 saturated heterocycles. The van der Waals surface area contributed by atoms with E-state index in [9.17, 15) is 14.4 Å². The van der Waals surface area contributed by atoms with Gasteiger partial charge in [-0.05, 0) is 64.8 Å². The predicted octanol–water partition coefficient (Wildman–Crippen LogP) is 5.68. The molecule has 0 fully saturated rings. The van der Waals surface area contributed by atoms with Crippen molar-refractivity contribution in [3.05, 3.63) is 92.0 Å². The number of carbonyl (C=O) groups excluding carboxylic acids is 3. The van der Waals surface area contributed by atoms with Crippen molar-refractivity contribution in [2.45, 2.75) is 13.5 Å². The van der Waals surface area contributed by atoms with E-state index in [1.807, 2.05) is 23.6 Å². The molecule has 0 unspecified atom stereocenters. The van der Waals surface area contributed by atoms with Crippen LogP contribution in [0.5, 0.6) is 5.75 Å². The summed E-state index contributed by atoms with van der Waals surface area (Å²) >= 11 is 16.6. The molecule has 0 saturated carbocycles. The number of likely N-dealkylation sites (N-methyl/N-ethyl adjacent to an activating group) is 1. The Morgan fingerprint density at radius 1 is 1.14 bits per heavy atom. The minimum Gasteiger partial charge on any atom is -0.485 e. The lowest BCUT2D eigenvalue weighted by molar-refractivity contribution is -0.122. The molecule has 0 aliphatic carbocycles. The lowest BCUT2D eigenvalue weighted by Gasteiger charge is -2.21. The van der Waals surface area contributed by atoms with Crippen LogP contribution in [0.15, 0.2) is 59.5 Å². The van der Waals surface area contributed by atoms with Crippen molar-refractivity contribution in [3.8, 4) is 5.75 Å². The highest BCUT2D eigenvalue weighted by molar-refractivity contribution is 9.10. The van der Waals surface area contributed by atoms with E-state index in [2.05, 4.69) is 36.5 Å². The summed E-state index contributed by atoms with van der Waals surface area (Å²) in [5.74, 6) is -0.649. The zero-order valence-corrected chi connectivity index (χ0v) is 27.8. The van der Waals surface area contributed by atoms with Gasteiger partial charge in [-0.3, -0.25) is 23.8 Å². The van der Waals surface area contributed by atoms with Crippen LogP contribution in [0.1, 0.15) is 27.3 Å². The van der Waals surface area contributed by atoms with Crippen molar-refractivity contribution in [1.29, 1.82) is 0 Å². The summed E-state index contributed by atoms with van der Waals surface area (Å²) in [6, 6.07) is 10.1. The molecule has 0 radical (unpaired) electrons. The zero-order valence-electron chi connectivity index (χ0n) is 23.1. The third-order valence-electron chi connectivity index (χ3n) is 6.08. The van der Waals surface area contributed by atoms with Gasteiger partial charge in [0.2, 0.25) is 11.8 Å². The second-order valence-electron chi connectivity index (χ2n) is 8.76. The minimum atomic E-state index is -0.478. The van der Waals surface area contributed by atoms with Gasteiger partial charge < -0.3 is 20.3 Å². The number of aromatic nitrogens is 3. The first-order chi connectivity index (χ1) is 19.6. The molecular formula is C28H27BrCl4N6O4. The van der Waals surface area contributed by atoms with Crippen molar-refractivity contribution in [2.24, 2.45) is 0 Å². The standard InChI is InChI=1S/C28H25BrCl2N6O4.2ClH/c1-16-26(29)37-12-4-5-22(27(37)35-16)41-15-18-19(30)8-10-21(25(18)31)36(3)24(39)14-34-23(38)11-7-17-6-9-20(33-13-17)28(40)32-2;;/h4-13H,14-15H2,1-3H3,(H,32,40)(H,34,38);2*1H. The maximum absolute atomic E-state index is 12.9. The Kier molecular flexibility index (Phi) is 13.3. The number of carbonyl (C=O) groups is 3. The van der Waals surface area contributed by atoms with Gasteiger partial charge in [0.15, 0.2) is 11.4 Å². The number of halogens is 5. The summed E-state index contributed by atoms with van der Waals surface area (Å²) in [5, 5.41) is 5.66. The Balaban J connectivity index is 0.00000323. The van der Waals surface area contributed by atoms with Gasteiger partial charge in [0, 0.05) is 43.2 Å². The molecule has 0 aliphatic heterocycles. The van der Waals surface area contributed by atoms with Crippen LogP contribution in [-0.2, 0) is 16.2 Å². The van der Waals surface area contributed by atoms with Crippen LogP contribution in [0.4, 0.5) is 5.69 Å². The second-order valence-corrected chi connectivity index (χ2v) is 10.3. The van der Waals surface area contributed by atoms with Crippen LogP contribution in [0.25, 0.3) is 11.7 Å². The first kappa shape index (κ1) is 35.8. The summed E-state index contributed by atoms with van der Waals surface area (Å²) in [4.78, 5) is 46.6. The van der Waals surface area contributed by atoms with Gasteiger partial charge in [0.1, 0.15) is 16.9 Å². The number of pyridine rings is 2. The fourth-order valence-corrected chi connectivity index (χ4v) is 4.76. The Hall–Kier alpha value is -3.35. The SMILES string of the molecule is CNC(=O)c1ccc(C=CC(=O)NCC(=O)N(C)c2ccc(Cl)c(COc3cccn4c(Br)c(C)nc34)c2Cl)cn1.Cl.Cl. The number of anilines is 1. The van der Waals surface area contributed by atoms with Crippen molar-refractivity contribution < 1.29 is 19.1 Å². The molecule has 2 N–H and O–H groups in total. The predicted molar refractivity (Wildman–Crippen MR) is 176 cm³/mol. The highest BCUT2D eigenvalue weighted by atomic mass is 79.9. The van der Waals surface area contributed by atoms with Crippen LogP contribution in [0.3, 0.4) is 0 Å². The summed E-state index contributed by atoms with van der Waals surface area (Å²) < 4.78 is 8.72. The van der Waals surface area contributed by atoms with E-state index in [0.29, 0.717) is 33.2 Å². The molecule has 4 aromatic rings. The van der Waals surface area contributed by atoms with Crippen LogP contribution in [0.2, 0.25) is 10.0 Å². The van der Waals surface area contributed by atoms with E-state index in [0.717, 1.165) is 10.3 Å². The maximum Gasteiger partial charge on any atom is 0.269 e. The number of hydrogen-bond acceptors (Lipinski definition) is 6. The molecule has 0 spiro atoms. The van der Waals surface area contributed by atoms with E-state index in [4.69, 9.17) is 27.9 Å². The molecule has 1 aromatic carbocycles. The third-order valence-corrected chi connectivity index (χ3v) is 7.81. The largest absolute Gasteiger partial charge is 0.485 e. The summed E-state index contributed by atoms with van der Waals surface area (Å²) in [5.41, 5.74) is 3.23. The molecule has 15 heteroatoms. The fourth-order valence-electron chi connectivity index (χ4n) is 3.78. The zero-order chi connectivity index (χ0) is 29.7. The normalized spacial score (nSPS) is 10.6. The molecule has 3 heterocycles. The molecule has 0 aliphatic rings. The van der Waals surface area contributed by atoms with Crippen LogP contribution in [0, 0.1) is 6.92 Å². The van der Waals surface area contributed by atoms with Crippen molar-refractivity contribution in [3.63, 3.8) is 0 Å². The van der Waals surface area contributed by atoms with Gasteiger partial charge in [-0.2, -0.15) is 0 Å². The number of rotatable bonds is 9. The lowest BCUT2D eigenvalue weighted by atomic mass is 10.2. The van der Waals surface area contributed by atoms with Crippen LogP contribution in [-0.4, -0.2) is 52.7 Å². The van der Waals surface area contributed by atoms with E-state index in [1.54, 1.807) is 37.4 Å². The molecule has 0 atom stereocenters. The number of amides is 3. The van der Waals surface area contributed by atoms with Gasteiger partial charge in [0.05, 0.1) is 22.9 Å². The lowest BCUT2D eigenvalue weighted by Crippen LogP contribution is -2.37. The topological polar surface area (TPSA) is 118 Å². The molecule has 43 heavy (non-hydrogen) atoms. The van der Waals surface area contributed by atoms with E-state index < -0.39 is 11.8 Å². The second kappa shape index (κ2) is 15.9. The Morgan fingerprint density at radius 3 is 2.56 bits per heavy atom. The van der Waals surface area contributed by atoms with Crippen molar-refractivity contribution in [2.75, 3.05) is 25.5 Å².